The van der Waals surface area contributed by atoms with Gasteiger partial charge in [0.25, 0.3) is 0 Å². The lowest BCUT2D eigenvalue weighted by molar-refractivity contribution is 0.161. The largest absolute Gasteiger partial charge is 0.494 e. The molecule has 0 spiro atoms. The van der Waals surface area contributed by atoms with Crippen LogP contribution in [0.25, 0.3) is 0 Å². The quantitative estimate of drug-likeness (QED) is 0.656. The van der Waals surface area contributed by atoms with Crippen molar-refractivity contribution in [2.75, 3.05) is 12.5 Å². The van der Waals surface area contributed by atoms with Crippen LogP contribution in [0.5, 0.6) is 5.75 Å². The molecule has 2 rings (SSSR count). The Bertz CT molecular complexity index is 357. The van der Waals surface area contributed by atoms with Crippen LogP contribution in [0.15, 0.2) is 28.7 Å². The van der Waals surface area contributed by atoms with Crippen molar-refractivity contribution in [3.63, 3.8) is 0 Å². The Kier molecular flexibility index (Phi) is 5.38. The Morgan fingerprint density at radius 1 is 1.11 bits per heavy atom. The van der Waals surface area contributed by atoms with Gasteiger partial charge in [-0.05, 0) is 48.9 Å². The number of hydrogen-bond acceptors (Lipinski definition) is 1. The van der Waals surface area contributed by atoms with E-state index in [1.807, 2.05) is 24.3 Å². The van der Waals surface area contributed by atoms with Gasteiger partial charge in [0.1, 0.15) is 5.75 Å². The van der Waals surface area contributed by atoms with Crippen LogP contribution in [-0.4, -0.2) is 12.5 Å². The summed E-state index contributed by atoms with van der Waals surface area (Å²) in [4.78, 5) is 0. The number of ether oxygens (including phenoxy) is 1. The molecular weight excluding hydrogens is 312 g/mol. The van der Waals surface area contributed by atoms with E-state index in [1.54, 1.807) is 0 Å². The Balaban J connectivity index is 1.81. The fourth-order valence-corrected chi connectivity index (χ4v) is 3.33. The van der Waals surface area contributed by atoms with Gasteiger partial charge in [-0.3, -0.25) is 0 Å². The molecule has 1 saturated carbocycles. The van der Waals surface area contributed by atoms with E-state index in [0.29, 0.717) is 5.41 Å². The van der Waals surface area contributed by atoms with E-state index in [2.05, 4.69) is 15.9 Å². The third kappa shape index (κ3) is 3.89. The van der Waals surface area contributed by atoms with Gasteiger partial charge in [-0.1, -0.05) is 35.2 Å². The second-order valence-electron chi connectivity index (χ2n) is 5.25. The van der Waals surface area contributed by atoms with Crippen molar-refractivity contribution in [3.05, 3.63) is 28.7 Å². The minimum atomic E-state index is 0.329. The maximum Gasteiger partial charge on any atom is 0.119 e. The van der Waals surface area contributed by atoms with Crippen LogP contribution in [0, 0.1) is 5.41 Å². The molecule has 0 bridgehead atoms. The summed E-state index contributed by atoms with van der Waals surface area (Å²) in [6, 6.07) is 8.01. The second kappa shape index (κ2) is 6.81. The lowest BCUT2D eigenvalue weighted by Gasteiger charge is -2.35. The molecule has 3 heteroatoms. The van der Waals surface area contributed by atoms with Crippen molar-refractivity contribution in [3.8, 4) is 5.75 Å². The standard InChI is InChI=1S/C15H20BrClO/c16-13-4-6-14(7-5-13)18-11-10-15(12-17)8-2-1-3-9-15/h4-7H,1-3,8-12H2. The molecule has 1 aromatic carbocycles. The molecule has 0 amide bonds. The zero-order valence-corrected chi connectivity index (χ0v) is 13.0. The first kappa shape index (κ1) is 14.2. The minimum Gasteiger partial charge on any atom is -0.494 e. The van der Waals surface area contributed by atoms with Crippen molar-refractivity contribution in [2.24, 2.45) is 5.41 Å². The molecule has 0 atom stereocenters. The Morgan fingerprint density at radius 3 is 2.39 bits per heavy atom. The van der Waals surface area contributed by atoms with Gasteiger partial charge in [0.15, 0.2) is 0 Å². The van der Waals surface area contributed by atoms with Crippen LogP contribution in [0.3, 0.4) is 0 Å². The summed E-state index contributed by atoms with van der Waals surface area (Å²) >= 11 is 9.60. The van der Waals surface area contributed by atoms with Gasteiger partial charge < -0.3 is 4.74 Å². The normalized spacial score (nSPS) is 18.6. The molecule has 1 nitrogen and oxygen atoms in total. The Hall–Kier alpha value is -0.210. The maximum absolute atomic E-state index is 6.18. The summed E-state index contributed by atoms with van der Waals surface area (Å²) in [5.74, 6) is 1.72. The Labute approximate surface area is 123 Å². The molecule has 1 aliphatic carbocycles. The van der Waals surface area contributed by atoms with E-state index in [1.165, 1.54) is 32.1 Å². The minimum absolute atomic E-state index is 0.329. The Morgan fingerprint density at radius 2 is 1.78 bits per heavy atom. The van der Waals surface area contributed by atoms with Gasteiger partial charge in [0.2, 0.25) is 0 Å². The SMILES string of the molecule is ClCC1(CCOc2ccc(Br)cc2)CCCCC1. The smallest absolute Gasteiger partial charge is 0.119 e. The fourth-order valence-electron chi connectivity index (χ4n) is 2.67. The molecule has 0 heterocycles. The average molecular weight is 332 g/mol. The number of benzene rings is 1. The highest BCUT2D eigenvalue weighted by atomic mass is 79.9. The summed E-state index contributed by atoms with van der Waals surface area (Å²) < 4.78 is 6.89. The second-order valence-corrected chi connectivity index (χ2v) is 6.43. The topological polar surface area (TPSA) is 9.23 Å². The molecule has 0 unspecified atom stereocenters. The molecule has 1 aromatic rings. The third-order valence-corrected chi connectivity index (χ3v) is 5.01. The van der Waals surface area contributed by atoms with E-state index in [-0.39, 0.29) is 0 Å². The molecule has 100 valence electrons. The van der Waals surface area contributed by atoms with Gasteiger partial charge in [-0.15, -0.1) is 11.6 Å². The summed E-state index contributed by atoms with van der Waals surface area (Å²) in [5, 5.41) is 0. The highest BCUT2D eigenvalue weighted by molar-refractivity contribution is 9.10. The summed E-state index contributed by atoms with van der Waals surface area (Å²) in [6.45, 7) is 0.772. The molecule has 0 saturated heterocycles. The maximum atomic E-state index is 6.18. The van der Waals surface area contributed by atoms with Gasteiger partial charge in [0, 0.05) is 10.4 Å². The zero-order chi connectivity index (χ0) is 12.8. The zero-order valence-electron chi connectivity index (χ0n) is 10.6. The van der Waals surface area contributed by atoms with Gasteiger partial charge in [-0.2, -0.15) is 0 Å². The molecule has 1 aliphatic rings. The predicted molar refractivity (Wildman–Crippen MR) is 80.5 cm³/mol. The van der Waals surface area contributed by atoms with E-state index in [0.717, 1.165) is 29.1 Å². The number of hydrogen-bond donors (Lipinski definition) is 0. The third-order valence-electron chi connectivity index (χ3n) is 3.91. The van der Waals surface area contributed by atoms with Crippen LogP contribution in [-0.2, 0) is 0 Å². The molecule has 1 fully saturated rings. The number of alkyl halides is 1. The van der Waals surface area contributed by atoms with Crippen molar-refractivity contribution < 1.29 is 4.74 Å². The van der Waals surface area contributed by atoms with Crippen LogP contribution >= 0.6 is 27.5 Å². The van der Waals surface area contributed by atoms with Crippen LogP contribution in [0.2, 0.25) is 0 Å². The highest BCUT2D eigenvalue weighted by Crippen LogP contribution is 2.40. The molecule has 0 aromatic heterocycles. The highest BCUT2D eigenvalue weighted by Gasteiger charge is 2.30. The van der Waals surface area contributed by atoms with Crippen molar-refractivity contribution >= 4 is 27.5 Å². The molecular formula is C15H20BrClO. The molecule has 0 radical (unpaired) electrons. The van der Waals surface area contributed by atoms with Gasteiger partial charge >= 0.3 is 0 Å². The van der Waals surface area contributed by atoms with E-state index in [4.69, 9.17) is 16.3 Å². The fraction of sp³-hybridized carbons (Fsp3) is 0.600. The predicted octanol–water partition coefficient (Wildman–Crippen LogP) is 5.41. The van der Waals surface area contributed by atoms with E-state index < -0.39 is 0 Å². The molecule has 18 heavy (non-hydrogen) atoms. The number of halogens is 2. The van der Waals surface area contributed by atoms with Gasteiger partial charge in [-0.25, -0.2) is 0 Å². The summed E-state index contributed by atoms with van der Waals surface area (Å²) in [7, 11) is 0. The average Bonchev–Trinajstić information content (AvgIpc) is 2.42. The van der Waals surface area contributed by atoms with Crippen molar-refractivity contribution in [2.45, 2.75) is 38.5 Å². The van der Waals surface area contributed by atoms with Crippen LogP contribution < -0.4 is 4.74 Å². The molecule has 0 N–H and O–H groups in total. The van der Waals surface area contributed by atoms with Crippen molar-refractivity contribution in [1.29, 1.82) is 0 Å². The van der Waals surface area contributed by atoms with Gasteiger partial charge in [0.05, 0.1) is 6.61 Å². The molecule has 0 aliphatic heterocycles. The van der Waals surface area contributed by atoms with Crippen molar-refractivity contribution in [1.82, 2.24) is 0 Å². The van der Waals surface area contributed by atoms with E-state index >= 15 is 0 Å². The van der Waals surface area contributed by atoms with Crippen LogP contribution in [0.1, 0.15) is 38.5 Å². The lowest BCUT2D eigenvalue weighted by atomic mass is 9.73. The first-order valence-corrected chi connectivity index (χ1v) is 8.01. The summed E-state index contributed by atoms with van der Waals surface area (Å²) in [5.41, 5.74) is 0.329. The first-order chi connectivity index (χ1) is 8.74. The summed E-state index contributed by atoms with van der Waals surface area (Å²) in [6.07, 6.45) is 7.62. The van der Waals surface area contributed by atoms with Crippen LogP contribution in [0.4, 0.5) is 0 Å². The first-order valence-electron chi connectivity index (χ1n) is 6.68. The monoisotopic (exact) mass is 330 g/mol. The van der Waals surface area contributed by atoms with E-state index in [9.17, 15) is 0 Å². The number of rotatable bonds is 5. The lowest BCUT2D eigenvalue weighted by Crippen LogP contribution is -2.28.